The maximum absolute atomic E-state index is 13.3. The molecular formula is C25H37N3O3S. The van der Waals surface area contributed by atoms with Gasteiger partial charge in [-0.2, -0.15) is 0 Å². The molecule has 1 aromatic rings. The van der Waals surface area contributed by atoms with Gasteiger partial charge in [-0.25, -0.2) is 4.79 Å². The lowest BCUT2D eigenvalue weighted by atomic mass is 9.88. The molecule has 3 fully saturated rings. The minimum absolute atomic E-state index is 0.0814. The topological polar surface area (TPSA) is 53.1 Å². The summed E-state index contributed by atoms with van der Waals surface area (Å²) in [5.41, 5.74) is 2.15. The van der Waals surface area contributed by atoms with Crippen LogP contribution in [0.25, 0.3) is 0 Å². The Morgan fingerprint density at radius 3 is 2.34 bits per heavy atom. The predicted molar refractivity (Wildman–Crippen MR) is 129 cm³/mol. The van der Waals surface area contributed by atoms with Gasteiger partial charge in [0, 0.05) is 24.9 Å². The number of rotatable bonds is 3. The molecule has 3 saturated heterocycles. The number of amides is 2. The molecule has 0 N–H and O–H groups in total. The summed E-state index contributed by atoms with van der Waals surface area (Å²) in [6, 6.07) is 8.72. The molecule has 2 atom stereocenters. The molecule has 7 heteroatoms. The fourth-order valence-corrected chi connectivity index (χ4v) is 6.03. The SMILES string of the molecule is Cc1ccc(C2CCN([C@H]3C[C@@H](C(=O)N4CCSC4)N(C(=O)OC(C)(C)C)C3)CC2)cc1. The molecule has 0 saturated carbocycles. The molecule has 0 spiro atoms. The molecule has 0 radical (unpaired) electrons. The Balaban J connectivity index is 1.42. The summed E-state index contributed by atoms with van der Waals surface area (Å²) in [4.78, 5) is 32.4. The van der Waals surface area contributed by atoms with Crippen LogP contribution < -0.4 is 0 Å². The lowest BCUT2D eigenvalue weighted by Gasteiger charge is -2.36. The van der Waals surface area contributed by atoms with Crippen molar-refractivity contribution >= 4 is 23.8 Å². The zero-order chi connectivity index (χ0) is 22.9. The van der Waals surface area contributed by atoms with Crippen LogP contribution in [-0.4, -0.2) is 82.2 Å². The number of thioether (sulfide) groups is 1. The Labute approximate surface area is 196 Å². The van der Waals surface area contributed by atoms with Crippen molar-refractivity contribution in [2.24, 2.45) is 0 Å². The molecule has 0 bridgehead atoms. The molecule has 3 aliphatic rings. The van der Waals surface area contributed by atoms with Crippen LogP contribution in [0.5, 0.6) is 0 Å². The van der Waals surface area contributed by atoms with E-state index in [0.717, 1.165) is 44.1 Å². The fourth-order valence-electron chi connectivity index (χ4n) is 5.07. The minimum Gasteiger partial charge on any atom is -0.444 e. The second-order valence-electron chi connectivity index (χ2n) is 10.4. The van der Waals surface area contributed by atoms with Crippen LogP contribution in [0.1, 0.15) is 57.1 Å². The average Bonchev–Trinajstić information content (AvgIpc) is 3.43. The third kappa shape index (κ3) is 5.42. The van der Waals surface area contributed by atoms with Gasteiger partial charge in [-0.05, 0) is 71.5 Å². The van der Waals surface area contributed by atoms with Gasteiger partial charge < -0.3 is 9.64 Å². The maximum atomic E-state index is 13.3. The van der Waals surface area contributed by atoms with Crippen LogP contribution in [-0.2, 0) is 9.53 Å². The highest BCUT2D eigenvalue weighted by atomic mass is 32.2. The smallest absolute Gasteiger partial charge is 0.411 e. The van der Waals surface area contributed by atoms with Crippen LogP contribution in [0, 0.1) is 6.92 Å². The van der Waals surface area contributed by atoms with E-state index in [1.54, 1.807) is 16.7 Å². The van der Waals surface area contributed by atoms with Crippen molar-refractivity contribution in [1.29, 1.82) is 0 Å². The molecule has 3 heterocycles. The number of hydrogen-bond acceptors (Lipinski definition) is 5. The standard InChI is InChI=1S/C25H37N3O3S/c1-18-5-7-19(8-6-18)20-9-11-26(12-10-20)21-15-22(23(29)27-13-14-32-17-27)28(16-21)24(30)31-25(2,3)4/h5-8,20-22H,9-17H2,1-4H3/t21-,22-/m0/s1. The molecule has 176 valence electrons. The van der Waals surface area contributed by atoms with Gasteiger partial charge in [0.1, 0.15) is 11.6 Å². The molecule has 4 rings (SSSR count). The van der Waals surface area contributed by atoms with Gasteiger partial charge in [-0.15, -0.1) is 11.8 Å². The molecule has 0 aromatic heterocycles. The highest BCUT2D eigenvalue weighted by Crippen LogP contribution is 2.33. The fraction of sp³-hybridized carbons (Fsp3) is 0.680. The summed E-state index contributed by atoms with van der Waals surface area (Å²) >= 11 is 1.78. The van der Waals surface area contributed by atoms with Crippen molar-refractivity contribution in [2.45, 2.75) is 70.6 Å². The molecular weight excluding hydrogens is 422 g/mol. The molecule has 3 aliphatic heterocycles. The first-order valence-electron chi connectivity index (χ1n) is 11.9. The zero-order valence-electron chi connectivity index (χ0n) is 19.9. The predicted octanol–water partition coefficient (Wildman–Crippen LogP) is 4.09. The van der Waals surface area contributed by atoms with E-state index in [4.69, 9.17) is 4.74 Å². The van der Waals surface area contributed by atoms with Crippen molar-refractivity contribution in [3.8, 4) is 0 Å². The van der Waals surface area contributed by atoms with Crippen molar-refractivity contribution < 1.29 is 14.3 Å². The molecule has 0 aliphatic carbocycles. The van der Waals surface area contributed by atoms with Crippen LogP contribution in [0.2, 0.25) is 0 Å². The zero-order valence-corrected chi connectivity index (χ0v) is 20.7. The summed E-state index contributed by atoms with van der Waals surface area (Å²) in [5, 5.41) is 0. The number of ether oxygens (including phenoxy) is 1. The van der Waals surface area contributed by atoms with E-state index in [1.165, 1.54) is 11.1 Å². The largest absolute Gasteiger partial charge is 0.444 e. The number of likely N-dealkylation sites (tertiary alicyclic amines) is 2. The van der Waals surface area contributed by atoms with Crippen LogP contribution in [0.3, 0.4) is 0 Å². The Morgan fingerprint density at radius 2 is 1.75 bits per heavy atom. The van der Waals surface area contributed by atoms with E-state index in [-0.39, 0.29) is 18.0 Å². The third-order valence-electron chi connectivity index (χ3n) is 6.85. The molecule has 0 unspecified atom stereocenters. The number of benzene rings is 1. The highest BCUT2D eigenvalue weighted by molar-refractivity contribution is 7.99. The third-order valence-corrected chi connectivity index (χ3v) is 7.82. The van der Waals surface area contributed by atoms with Gasteiger partial charge in [0.05, 0.1) is 5.88 Å². The van der Waals surface area contributed by atoms with Crippen LogP contribution in [0.15, 0.2) is 24.3 Å². The Bertz CT molecular complexity index is 809. The summed E-state index contributed by atoms with van der Waals surface area (Å²) < 4.78 is 5.68. The second kappa shape index (κ2) is 9.64. The van der Waals surface area contributed by atoms with Crippen molar-refractivity contribution in [2.75, 3.05) is 37.8 Å². The van der Waals surface area contributed by atoms with E-state index in [2.05, 4.69) is 36.1 Å². The summed E-state index contributed by atoms with van der Waals surface area (Å²) in [6.07, 6.45) is 2.58. The number of hydrogen-bond donors (Lipinski definition) is 0. The summed E-state index contributed by atoms with van der Waals surface area (Å²) in [5.74, 6) is 2.37. The monoisotopic (exact) mass is 459 g/mol. The average molecular weight is 460 g/mol. The van der Waals surface area contributed by atoms with E-state index < -0.39 is 11.6 Å². The molecule has 6 nitrogen and oxygen atoms in total. The molecule has 1 aromatic carbocycles. The van der Waals surface area contributed by atoms with E-state index >= 15 is 0 Å². The lowest BCUT2D eigenvalue weighted by molar-refractivity contribution is -0.134. The Kier molecular flexibility index (Phi) is 7.06. The number of carbonyl (C=O) groups excluding carboxylic acids is 2. The first kappa shape index (κ1) is 23.4. The molecule has 2 amide bonds. The van der Waals surface area contributed by atoms with Gasteiger partial charge in [0.25, 0.3) is 0 Å². The van der Waals surface area contributed by atoms with Crippen LogP contribution in [0.4, 0.5) is 4.79 Å². The van der Waals surface area contributed by atoms with Crippen molar-refractivity contribution in [3.05, 3.63) is 35.4 Å². The molecule has 32 heavy (non-hydrogen) atoms. The lowest BCUT2D eigenvalue weighted by Crippen LogP contribution is -2.48. The van der Waals surface area contributed by atoms with E-state index in [0.29, 0.717) is 18.9 Å². The van der Waals surface area contributed by atoms with Crippen molar-refractivity contribution in [1.82, 2.24) is 14.7 Å². The second-order valence-corrected chi connectivity index (χ2v) is 11.5. The van der Waals surface area contributed by atoms with E-state index in [1.807, 2.05) is 25.7 Å². The first-order valence-corrected chi connectivity index (χ1v) is 13.0. The van der Waals surface area contributed by atoms with E-state index in [9.17, 15) is 9.59 Å². The summed E-state index contributed by atoms with van der Waals surface area (Å²) in [7, 11) is 0. The quantitative estimate of drug-likeness (QED) is 0.682. The van der Waals surface area contributed by atoms with Gasteiger partial charge in [0.15, 0.2) is 0 Å². The highest BCUT2D eigenvalue weighted by Gasteiger charge is 2.45. The number of nitrogens with zero attached hydrogens (tertiary/aromatic N) is 3. The van der Waals surface area contributed by atoms with Gasteiger partial charge >= 0.3 is 6.09 Å². The Morgan fingerprint density at radius 1 is 1.06 bits per heavy atom. The van der Waals surface area contributed by atoms with Crippen molar-refractivity contribution in [3.63, 3.8) is 0 Å². The van der Waals surface area contributed by atoms with Gasteiger partial charge in [-0.1, -0.05) is 29.8 Å². The number of piperidine rings is 1. The number of aryl methyl sites for hydroxylation is 1. The minimum atomic E-state index is -0.571. The Hall–Kier alpha value is -1.73. The first-order chi connectivity index (χ1) is 15.2. The number of carbonyl (C=O) groups is 2. The van der Waals surface area contributed by atoms with Crippen LogP contribution >= 0.6 is 11.8 Å². The van der Waals surface area contributed by atoms with Gasteiger partial charge in [-0.3, -0.25) is 14.6 Å². The summed E-state index contributed by atoms with van der Waals surface area (Å²) in [6.45, 7) is 11.1. The van der Waals surface area contributed by atoms with Gasteiger partial charge in [0.2, 0.25) is 5.91 Å². The maximum Gasteiger partial charge on any atom is 0.411 e. The normalized spacial score (nSPS) is 25.4.